The van der Waals surface area contributed by atoms with Crippen molar-refractivity contribution in [3.05, 3.63) is 29.3 Å². The molecule has 0 radical (unpaired) electrons. The summed E-state index contributed by atoms with van der Waals surface area (Å²) in [7, 11) is 0. The molecule has 6 heteroatoms. The third-order valence-corrected chi connectivity index (χ3v) is 4.81. The van der Waals surface area contributed by atoms with E-state index in [0.717, 1.165) is 31.1 Å². The number of benzene rings is 1. The number of thioether (sulfide) groups is 1. The Morgan fingerprint density at radius 2 is 2.15 bits per heavy atom. The average molecular weight is 300 g/mol. The molecule has 1 fully saturated rings. The molecule has 1 aliphatic carbocycles. The van der Waals surface area contributed by atoms with Crippen LogP contribution in [0.15, 0.2) is 12.1 Å². The van der Waals surface area contributed by atoms with Gasteiger partial charge in [-0.1, -0.05) is 13.3 Å². The van der Waals surface area contributed by atoms with Gasteiger partial charge < -0.3 is 11.1 Å². The van der Waals surface area contributed by atoms with Crippen LogP contribution in [0.4, 0.5) is 14.5 Å². The Labute approximate surface area is 121 Å². The number of hydrogen-bond donors (Lipinski definition) is 2. The van der Waals surface area contributed by atoms with Gasteiger partial charge in [-0.3, -0.25) is 4.79 Å². The maximum atomic E-state index is 13.6. The molecule has 2 rings (SSSR count). The Bertz CT molecular complexity index is 510. The van der Waals surface area contributed by atoms with Gasteiger partial charge >= 0.3 is 0 Å². The maximum Gasteiger partial charge on any atom is 0.254 e. The molecule has 0 heterocycles. The first kappa shape index (κ1) is 15.1. The van der Waals surface area contributed by atoms with E-state index in [9.17, 15) is 13.6 Å². The largest absolute Gasteiger partial charge is 0.396 e. The number of nitrogens with two attached hydrogens (primary N) is 1. The summed E-state index contributed by atoms with van der Waals surface area (Å²) in [4.78, 5) is 12.1. The summed E-state index contributed by atoms with van der Waals surface area (Å²) in [6.07, 6.45) is 3.00. The number of rotatable bonds is 4. The van der Waals surface area contributed by atoms with Gasteiger partial charge in [0, 0.05) is 17.4 Å². The van der Waals surface area contributed by atoms with Crippen LogP contribution in [0.5, 0.6) is 0 Å². The average Bonchev–Trinajstić information content (AvgIpc) is 2.81. The standard InChI is InChI=1S/C14H18F2N2OS/c1-2-20-13-5-3-4-12(13)18-14(19)8-6-11(17)10(16)7-9(8)15/h6-7,12-13H,2-5,17H2,1H3,(H,18,19). The molecule has 0 spiro atoms. The number of anilines is 1. The third kappa shape index (κ3) is 3.23. The highest BCUT2D eigenvalue weighted by atomic mass is 32.2. The van der Waals surface area contributed by atoms with Crippen molar-refractivity contribution in [1.82, 2.24) is 5.32 Å². The van der Waals surface area contributed by atoms with Crippen molar-refractivity contribution in [2.45, 2.75) is 37.5 Å². The molecular formula is C14H18F2N2OS. The topological polar surface area (TPSA) is 55.1 Å². The summed E-state index contributed by atoms with van der Waals surface area (Å²) in [6.45, 7) is 2.07. The van der Waals surface area contributed by atoms with E-state index in [-0.39, 0.29) is 17.3 Å². The fourth-order valence-corrected chi connectivity index (χ4v) is 3.69. The van der Waals surface area contributed by atoms with Crippen LogP contribution in [0.1, 0.15) is 36.5 Å². The van der Waals surface area contributed by atoms with Crippen LogP contribution in [-0.2, 0) is 0 Å². The minimum Gasteiger partial charge on any atom is -0.396 e. The van der Waals surface area contributed by atoms with Gasteiger partial charge in [0.25, 0.3) is 5.91 Å². The Kier molecular flexibility index (Phi) is 4.86. The molecule has 2 atom stereocenters. The molecule has 0 aliphatic heterocycles. The minimum atomic E-state index is -0.883. The first-order valence-electron chi connectivity index (χ1n) is 6.70. The molecule has 3 nitrogen and oxygen atoms in total. The summed E-state index contributed by atoms with van der Waals surface area (Å²) in [5.74, 6) is -1.27. The summed E-state index contributed by atoms with van der Waals surface area (Å²) in [6, 6.07) is 1.74. The second-order valence-corrected chi connectivity index (χ2v) is 6.37. The van der Waals surface area contributed by atoms with E-state index in [1.807, 2.05) is 0 Å². The fraction of sp³-hybridized carbons (Fsp3) is 0.500. The third-order valence-electron chi connectivity index (χ3n) is 3.48. The first-order chi connectivity index (χ1) is 9.52. The highest BCUT2D eigenvalue weighted by molar-refractivity contribution is 7.99. The number of amides is 1. The Morgan fingerprint density at radius 3 is 2.85 bits per heavy atom. The predicted molar refractivity (Wildman–Crippen MR) is 77.8 cm³/mol. The lowest BCUT2D eigenvalue weighted by molar-refractivity contribution is 0.0934. The quantitative estimate of drug-likeness (QED) is 0.841. The lowest BCUT2D eigenvalue weighted by Crippen LogP contribution is -2.39. The molecular weight excluding hydrogens is 282 g/mol. The summed E-state index contributed by atoms with van der Waals surface area (Å²) in [5, 5.41) is 3.21. The van der Waals surface area contributed by atoms with Gasteiger partial charge in [0.1, 0.15) is 11.6 Å². The van der Waals surface area contributed by atoms with Gasteiger partial charge in [0.05, 0.1) is 11.3 Å². The molecule has 0 saturated heterocycles. The Balaban J connectivity index is 2.10. The van der Waals surface area contributed by atoms with Gasteiger partial charge in [-0.25, -0.2) is 8.78 Å². The van der Waals surface area contributed by atoms with Crippen molar-refractivity contribution in [3.8, 4) is 0 Å². The molecule has 3 N–H and O–H groups in total. The van der Waals surface area contributed by atoms with Crippen LogP contribution in [-0.4, -0.2) is 23.0 Å². The minimum absolute atomic E-state index is 0.0399. The molecule has 0 aromatic heterocycles. The smallest absolute Gasteiger partial charge is 0.254 e. The van der Waals surface area contributed by atoms with E-state index in [4.69, 9.17) is 5.73 Å². The molecule has 1 saturated carbocycles. The van der Waals surface area contributed by atoms with E-state index in [1.54, 1.807) is 11.8 Å². The molecule has 0 bridgehead atoms. The zero-order valence-electron chi connectivity index (χ0n) is 11.3. The summed E-state index contributed by atoms with van der Waals surface area (Å²) in [5.41, 5.74) is 4.97. The van der Waals surface area contributed by atoms with E-state index < -0.39 is 17.5 Å². The van der Waals surface area contributed by atoms with Crippen LogP contribution in [0.25, 0.3) is 0 Å². The molecule has 20 heavy (non-hydrogen) atoms. The number of nitrogen functional groups attached to an aromatic ring is 1. The number of nitrogens with one attached hydrogen (secondary N) is 1. The highest BCUT2D eigenvalue weighted by Crippen LogP contribution is 2.30. The molecule has 2 unspecified atom stereocenters. The van der Waals surface area contributed by atoms with Crippen LogP contribution < -0.4 is 11.1 Å². The van der Waals surface area contributed by atoms with E-state index >= 15 is 0 Å². The predicted octanol–water partition coefficient (Wildman–Crippen LogP) is 2.95. The zero-order chi connectivity index (χ0) is 14.7. The van der Waals surface area contributed by atoms with E-state index in [1.165, 1.54) is 0 Å². The SMILES string of the molecule is CCSC1CCCC1NC(=O)c1cc(N)c(F)cc1F. The van der Waals surface area contributed by atoms with Crippen molar-refractivity contribution in [1.29, 1.82) is 0 Å². The molecule has 1 amide bonds. The van der Waals surface area contributed by atoms with Gasteiger partial charge in [-0.15, -0.1) is 0 Å². The normalized spacial score (nSPS) is 21.9. The lowest BCUT2D eigenvalue weighted by Gasteiger charge is -2.20. The highest BCUT2D eigenvalue weighted by Gasteiger charge is 2.29. The van der Waals surface area contributed by atoms with Gasteiger partial charge in [0.2, 0.25) is 0 Å². The lowest BCUT2D eigenvalue weighted by atomic mass is 10.1. The Morgan fingerprint density at radius 1 is 1.40 bits per heavy atom. The van der Waals surface area contributed by atoms with Crippen molar-refractivity contribution in [2.75, 3.05) is 11.5 Å². The first-order valence-corrected chi connectivity index (χ1v) is 7.74. The van der Waals surface area contributed by atoms with Crippen molar-refractivity contribution >= 4 is 23.4 Å². The van der Waals surface area contributed by atoms with Crippen molar-refractivity contribution in [2.24, 2.45) is 0 Å². The number of carbonyl (C=O) groups is 1. The van der Waals surface area contributed by atoms with Crippen LogP contribution in [0, 0.1) is 11.6 Å². The zero-order valence-corrected chi connectivity index (χ0v) is 12.1. The summed E-state index contributed by atoms with van der Waals surface area (Å²) < 4.78 is 26.7. The van der Waals surface area contributed by atoms with Crippen LogP contribution in [0.2, 0.25) is 0 Å². The van der Waals surface area contributed by atoms with Crippen LogP contribution in [0.3, 0.4) is 0 Å². The van der Waals surface area contributed by atoms with Crippen molar-refractivity contribution in [3.63, 3.8) is 0 Å². The summed E-state index contributed by atoms with van der Waals surface area (Å²) >= 11 is 1.80. The maximum absolute atomic E-state index is 13.6. The monoisotopic (exact) mass is 300 g/mol. The van der Waals surface area contributed by atoms with E-state index in [0.29, 0.717) is 11.3 Å². The van der Waals surface area contributed by atoms with Gasteiger partial charge in [-0.05, 0) is 24.7 Å². The number of hydrogen-bond acceptors (Lipinski definition) is 3. The molecule has 110 valence electrons. The van der Waals surface area contributed by atoms with Gasteiger partial charge in [-0.2, -0.15) is 11.8 Å². The molecule has 1 aromatic carbocycles. The van der Waals surface area contributed by atoms with E-state index in [2.05, 4.69) is 12.2 Å². The molecule has 1 aromatic rings. The molecule has 1 aliphatic rings. The number of carbonyl (C=O) groups excluding carboxylic acids is 1. The number of halogens is 2. The van der Waals surface area contributed by atoms with Crippen molar-refractivity contribution < 1.29 is 13.6 Å². The second-order valence-electron chi connectivity index (χ2n) is 4.86. The van der Waals surface area contributed by atoms with Gasteiger partial charge in [0.15, 0.2) is 0 Å². The second kappa shape index (κ2) is 6.43. The fourth-order valence-electron chi connectivity index (χ4n) is 2.49. The Hall–Kier alpha value is -1.30. The van der Waals surface area contributed by atoms with Crippen LogP contribution >= 0.6 is 11.8 Å².